The molecule has 3 aromatic rings. The molecule has 6 nitrogen and oxygen atoms in total. The predicted molar refractivity (Wildman–Crippen MR) is 115 cm³/mol. The Balaban J connectivity index is 1.56. The molecule has 0 radical (unpaired) electrons. The van der Waals surface area contributed by atoms with Crippen LogP contribution >= 0.6 is 11.3 Å². The fourth-order valence-electron chi connectivity index (χ4n) is 2.56. The van der Waals surface area contributed by atoms with Gasteiger partial charge in [-0.1, -0.05) is 12.1 Å². The van der Waals surface area contributed by atoms with Gasteiger partial charge in [-0.15, -0.1) is 11.3 Å². The van der Waals surface area contributed by atoms with Gasteiger partial charge < -0.3 is 19.5 Å². The first-order chi connectivity index (χ1) is 14.1. The highest BCUT2D eigenvalue weighted by molar-refractivity contribution is 7.09. The Hall–Kier alpha value is -3.32. The van der Waals surface area contributed by atoms with E-state index in [4.69, 9.17) is 14.2 Å². The zero-order valence-corrected chi connectivity index (χ0v) is 17.3. The second-order valence-corrected chi connectivity index (χ2v) is 7.17. The Morgan fingerprint density at radius 2 is 1.86 bits per heavy atom. The van der Waals surface area contributed by atoms with Crippen molar-refractivity contribution >= 4 is 29.0 Å². The monoisotopic (exact) mass is 410 g/mol. The number of ether oxygens (including phenoxy) is 3. The van der Waals surface area contributed by atoms with Gasteiger partial charge in [-0.05, 0) is 42.8 Å². The zero-order chi connectivity index (χ0) is 20.6. The molecule has 1 aromatic heterocycles. The van der Waals surface area contributed by atoms with Crippen LogP contribution in [0.4, 0.5) is 5.69 Å². The minimum absolute atomic E-state index is 0.257. The van der Waals surface area contributed by atoms with Crippen LogP contribution in [0.2, 0.25) is 0 Å². The molecule has 1 amide bonds. The van der Waals surface area contributed by atoms with Gasteiger partial charge in [0.05, 0.1) is 30.6 Å². The van der Waals surface area contributed by atoms with E-state index in [1.807, 2.05) is 36.6 Å². The van der Waals surface area contributed by atoms with Gasteiger partial charge in [0, 0.05) is 17.5 Å². The molecule has 29 heavy (non-hydrogen) atoms. The van der Waals surface area contributed by atoms with Crippen LogP contribution in [0, 0.1) is 6.92 Å². The van der Waals surface area contributed by atoms with E-state index in [1.165, 1.54) is 6.08 Å². The van der Waals surface area contributed by atoms with Crippen molar-refractivity contribution in [2.45, 2.75) is 13.5 Å². The highest BCUT2D eigenvalue weighted by atomic mass is 32.1. The maximum atomic E-state index is 12.2. The molecule has 1 N–H and O–H groups in total. The second kappa shape index (κ2) is 9.75. The quantitative estimate of drug-likeness (QED) is 0.545. The molecule has 1 heterocycles. The number of carbonyl (C=O) groups is 1. The number of hydrogen-bond donors (Lipinski definition) is 1. The van der Waals surface area contributed by atoms with Gasteiger partial charge in [0.25, 0.3) is 0 Å². The summed E-state index contributed by atoms with van der Waals surface area (Å²) in [7, 11) is 3.12. The molecule has 0 bridgehead atoms. The summed E-state index contributed by atoms with van der Waals surface area (Å²) in [4.78, 5) is 16.6. The first-order valence-corrected chi connectivity index (χ1v) is 9.80. The van der Waals surface area contributed by atoms with Crippen molar-refractivity contribution in [3.63, 3.8) is 0 Å². The summed E-state index contributed by atoms with van der Waals surface area (Å²) in [5.41, 5.74) is 2.38. The normalized spacial score (nSPS) is 10.7. The number of carbonyl (C=O) groups excluding carboxylic acids is 1. The minimum Gasteiger partial charge on any atom is -0.497 e. The van der Waals surface area contributed by atoms with Gasteiger partial charge in [-0.25, -0.2) is 4.98 Å². The van der Waals surface area contributed by atoms with Crippen molar-refractivity contribution in [1.29, 1.82) is 0 Å². The van der Waals surface area contributed by atoms with Crippen molar-refractivity contribution in [3.05, 3.63) is 70.2 Å². The Morgan fingerprint density at radius 3 is 2.52 bits per heavy atom. The smallest absolute Gasteiger partial charge is 0.248 e. The number of rotatable bonds is 8. The molecule has 0 saturated heterocycles. The molecule has 0 spiro atoms. The summed E-state index contributed by atoms with van der Waals surface area (Å²) >= 11 is 1.60. The average Bonchev–Trinajstić information content (AvgIpc) is 3.17. The number of thiazole rings is 1. The molecular weight excluding hydrogens is 388 g/mol. The second-order valence-electron chi connectivity index (χ2n) is 6.10. The third-order valence-corrected chi connectivity index (χ3v) is 4.85. The summed E-state index contributed by atoms with van der Waals surface area (Å²) in [5, 5.41) is 5.81. The highest BCUT2D eigenvalue weighted by Gasteiger charge is 2.07. The van der Waals surface area contributed by atoms with Gasteiger partial charge in [0.2, 0.25) is 5.91 Å². The molecule has 150 valence electrons. The largest absolute Gasteiger partial charge is 0.497 e. The van der Waals surface area contributed by atoms with Crippen molar-refractivity contribution in [3.8, 4) is 17.2 Å². The van der Waals surface area contributed by atoms with Gasteiger partial charge in [0.1, 0.15) is 23.9 Å². The number of benzene rings is 2. The van der Waals surface area contributed by atoms with Crippen LogP contribution in [-0.2, 0) is 11.4 Å². The first-order valence-electron chi connectivity index (χ1n) is 8.92. The zero-order valence-electron chi connectivity index (χ0n) is 16.5. The molecule has 0 atom stereocenters. The Labute approximate surface area is 173 Å². The van der Waals surface area contributed by atoms with E-state index in [9.17, 15) is 4.79 Å². The van der Waals surface area contributed by atoms with Crippen molar-refractivity contribution in [2.24, 2.45) is 0 Å². The van der Waals surface area contributed by atoms with E-state index in [2.05, 4.69) is 10.3 Å². The van der Waals surface area contributed by atoms with Crippen LogP contribution in [-0.4, -0.2) is 25.1 Å². The van der Waals surface area contributed by atoms with Crippen molar-refractivity contribution in [1.82, 2.24) is 4.98 Å². The van der Waals surface area contributed by atoms with Gasteiger partial charge in [-0.3, -0.25) is 4.79 Å². The number of nitrogens with zero attached hydrogens (tertiary/aromatic N) is 1. The lowest BCUT2D eigenvalue weighted by Crippen LogP contribution is -2.09. The maximum absolute atomic E-state index is 12.2. The Morgan fingerprint density at radius 1 is 1.10 bits per heavy atom. The lowest BCUT2D eigenvalue weighted by molar-refractivity contribution is -0.111. The number of anilines is 1. The van der Waals surface area contributed by atoms with Crippen LogP contribution in [0.5, 0.6) is 17.2 Å². The van der Waals surface area contributed by atoms with Crippen LogP contribution in [0.15, 0.2) is 53.9 Å². The number of amides is 1. The van der Waals surface area contributed by atoms with E-state index in [-0.39, 0.29) is 5.91 Å². The molecule has 0 aliphatic rings. The summed E-state index contributed by atoms with van der Waals surface area (Å²) in [6.45, 7) is 2.40. The van der Waals surface area contributed by atoms with E-state index >= 15 is 0 Å². The van der Waals surface area contributed by atoms with Crippen LogP contribution < -0.4 is 19.5 Å². The molecule has 0 fully saturated rings. The highest BCUT2D eigenvalue weighted by Crippen LogP contribution is 2.29. The number of aromatic nitrogens is 1. The average molecular weight is 410 g/mol. The van der Waals surface area contributed by atoms with Crippen LogP contribution in [0.1, 0.15) is 16.3 Å². The SMILES string of the molecule is COc1ccc(NC(=O)/C=C/c2ccc(OCc3csc(C)n3)cc2)c(OC)c1. The first kappa shape index (κ1) is 20.4. The van der Waals surface area contributed by atoms with Gasteiger partial charge in [-0.2, -0.15) is 0 Å². The van der Waals surface area contributed by atoms with Crippen LogP contribution in [0.25, 0.3) is 6.08 Å². The third kappa shape index (κ3) is 5.83. The Bertz CT molecular complexity index is 996. The molecule has 0 aliphatic heterocycles. The van der Waals surface area contributed by atoms with Gasteiger partial charge >= 0.3 is 0 Å². The summed E-state index contributed by atoms with van der Waals surface area (Å²) in [5.74, 6) is 1.68. The number of aryl methyl sites for hydroxylation is 1. The lowest BCUT2D eigenvalue weighted by Gasteiger charge is -2.10. The topological polar surface area (TPSA) is 69.7 Å². The van der Waals surface area contributed by atoms with E-state index < -0.39 is 0 Å². The summed E-state index contributed by atoms with van der Waals surface area (Å²) in [6, 6.07) is 12.7. The Kier molecular flexibility index (Phi) is 6.86. The van der Waals surface area contributed by atoms with E-state index in [0.717, 1.165) is 22.0 Å². The van der Waals surface area contributed by atoms with Crippen molar-refractivity contribution in [2.75, 3.05) is 19.5 Å². The minimum atomic E-state index is -0.257. The predicted octanol–water partition coefficient (Wildman–Crippen LogP) is 4.70. The number of hydrogen-bond acceptors (Lipinski definition) is 6. The molecule has 7 heteroatoms. The van der Waals surface area contributed by atoms with Crippen molar-refractivity contribution < 1.29 is 19.0 Å². The molecule has 0 unspecified atom stereocenters. The molecular formula is C22H22N2O4S. The van der Waals surface area contributed by atoms with Crippen LogP contribution in [0.3, 0.4) is 0 Å². The summed E-state index contributed by atoms with van der Waals surface area (Å²) in [6.07, 6.45) is 3.20. The third-order valence-electron chi connectivity index (χ3n) is 4.03. The summed E-state index contributed by atoms with van der Waals surface area (Å²) < 4.78 is 16.2. The molecule has 0 aliphatic carbocycles. The maximum Gasteiger partial charge on any atom is 0.248 e. The van der Waals surface area contributed by atoms with E-state index in [1.54, 1.807) is 49.8 Å². The van der Waals surface area contributed by atoms with Gasteiger partial charge in [0.15, 0.2) is 0 Å². The standard InChI is InChI=1S/C22H22N2O4S/c1-15-23-17(14-29-15)13-28-18-7-4-16(5-8-18)6-11-22(25)24-20-10-9-19(26-2)12-21(20)27-3/h4-12,14H,13H2,1-3H3,(H,24,25)/b11-6+. The molecule has 0 saturated carbocycles. The fourth-order valence-corrected chi connectivity index (χ4v) is 3.15. The number of methoxy groups -OCH3 is 2. The number of nitrogens with one attached hydrogen (secondary N) is 1. The molecule has 3 rings (SSSR count). The molecule has 2 aromatic carbocycles. The van der Waals surface area contributed by atoms with E-state index in [0.29, 0.717) is 23.8 Å². The lowest BCUT2D eigenvalue weighted by atomic mass is 10.2. The fraction of sp³-hybridized carbons (Fsp3) is 0.182.